The minimum Gasteiger partial charge on any atom is -0.384 e. The molecule has 0 amide bonds. The summed E-state index contributed by atoms with van der Waals surface area (Å²) >= 11 is 0. The molecule has 0 radical (unpaired) electrons. The second-order valence-electron chi connectivity index (χ2n) is 8.03. The van der Waals surface area contributed by atoms with Crippen molar-refractivity contribution in [1.82, 2.24) is 15.0 Å². The Hall–Kier alpha value is -2.93. The third kappa shape index (κ3) is 4.16. The van der Waals surface area contributed by atoms with E-state index in [4.69, 9.17) is 9.72 Å². The fourth-order valence-electron chi connectivity index (χ4n) is 4.32. The van der Waals surface area contributed by atoms with Crippen LogP contribution in [0.1, 0.15) is 12.8 Å². The Balaban J connectivity index is 1.31. The SMILES string of the molecule is c1cncc(NCC2CCN(c3nc(N4CCOCC4)cc4ncccc34)CC2)c1. The Bertz CT molecular complexity index is 968. The van der Waals surface area contributed by atoms with Crippen LogP contribution in [0.2, 0.25) is 0 Å². The Morgan fingerprint density at radius 3 is 2.63 bits per heavy atom. The molecule has 3 aromatic heterocycles. The van der Waals surface area contributed by atoms with E-state index in [1.807, 2.05) is 24.5 Å². The number of anilines is 3. The van der Waals surface area contributed by atoms with Crippen LogP contribution in [0.5, 0.6) is 0 Å². The van der Waals surface area contributed by atoms with Crippen LogP contribution >= 0.6 is 0 Å². The van der Waals surface area contributed by atoms with E-state index < -0.39 is 0 Å². The largest absolute Gasteiger partial charge is 0.384 e. The van der Waals surface area contributed by atoms with Gasteiger partial charge in [-0.05, 0) is 43.0 Å². The first-order valence-corrected chi connectivity index (χ1v) is 10.8. The summed E-state index contributed by atoms with van der Waals surface area (Å²) in [7, 11) is 0. The molecule has 0 bridgehead atoms. The number of hydrogen-bond donors (Lipinski definition) is 1. The molecule has 156 valence electrons. The second-order valence-corrected chi connectivity index (χ2v) is 8.03. The molecule has 2 aliphatic heterocycles. The van der Waals surface area contributed by atoms with Crippen LogP contribution in [-0.2, 0) is 4.74 Å². The lowest BCUT2D eigenvalue weighted by Crippen LogP contribution is -2.38. The highest BCUT2D eigenvalue weighted by Gasteiger charge is 2.23. The Labute approximate surface area is 177 Å². The highest BCUT2D eigenvalue weighted by Crippen LogP contribution is 2.31. The summed E-state index contributed by atoms with van der Waals surface area (Å²) in [5.74, 6) is 2.74. The summed E-state index contributed by atoms with van der Waals surface area (Å²) in [4.78, 5) is 18.7. The van der Waals surface area contributed by atoms with Crippen LogP contribution in [0.25, 0.3) is 10.9 Å². The summed E-state index contributed by atoms with van der Waals surface area (Å²) < 4.78 is 5.52. The topological polar surface area (TPSA) is 66.4 Å². The number of fused-ring (bicyclic) bond motifs is 1. The van der Waals surface area contributed by atoms with Crippen LogP contribution in [0.15, 0.2) is 48.9 Å². The summed E-state index contributed by atoms with van der Waals surface area (Å²) in [5, 5.41) is 4.67. The van der Waals surface area contributed by atoms with Gasteiger partial charge in [0, 0.05) is 62.8 Å². The Kier molecular flexibility index (Phi) is 5.61. The van der Waals surface area contributed by atoms with Crippen LogP contribution < -0.4 is 15.1 Å². The minimum atomic E-state index is 0.660. The first-order chi connectivity index (χ1) is 14.9. The van der Waals surface area contributed by atoms with E-state index in [0.29, 0.717) is 5.92 Å². The molecule has 2 fully saturated rings. The van der Waals surface area contributed by atoms with Crippen molar-refractivity contribution in [3.05, 3.63) is 48.9 Å². The molecule has 1 N–H and O–H groups in total. The number of aromatic nitrogens is 3. The average molecular weight is 405 g/mol. The first-order valence-electron chi connectivity index (χ1n) is 10.8. The maximum Gasteiger partial charge on any atom is 0.140 e. The van der Waals surface area contributed by atoms with Gasteiger partial charge in [0.2, 0.25) is 0 Å². The fourth-order valence-corrected chi connectivity index (χ4v) is 4.32. The van der Waals surface area contributed by atoms with Crippen LogP contribution in [0, 0.1) is 5.92 Å². The van der Waals surface area contributed by atoms with Crippen LogP contribution in [0.4, 0.5) is 17.3 Å². The Morgan fingerprint density at radius 1 is 1.00 bits per heavy atom. The molecule has 0 unspecified atom stereocenters. The minimum absolute atomic E-state index is 0.660. The fraction of sp³-hybridized carbons (Fsp3) is 0.435. The van der Waals surface area contributed by atoms with E-state index in [2.05, 4.69) is 43.3 Å². The molecular formula is C23H28N6O. The predicted octanol–water partition coefficient (Wildman–Crippen LogP) is 3.19. The van der Waals surface area contributed by atoms with Crippen LogP contribution in [0.3, 0.4) is 0 Å². The zero-order chi connectivity index (χ0) is 20.2. The molecule has 2 saturated heterocycles. The summed E-state index contributed by atoms with van der Waals surface area (Å²) in [6, 6.07) is 10.3. The third-order valence-corrected chi connectivity index (χ3v) is 6.07. The lowest BCUT2D eigenvalue weighted by Gasteiger charge is -2.35. The summed E-state index contributed by atoms with van der Waals surface area (Å²) in [6.07, 6.45) is 7.86. The van der Waals surface area contributed by atoms with Crippen molar-refractivity contribution in [2.75, 3.05) is 61.1 Å². The number of piperidine rings is 1. The van der Waals surface area contributed by atoms with E-state index in [0.717, 1.165) is 87.0 Å². The van der Waals surface area contributed by atoms with Crippen molar-refractivity contribution in [3.63, 3.8) is 0 Å². The molecule has 2 aliphatic rings. The zero-order valence-corrected chi connectivity index (χ0v) is 17.2. The summed E-state index contributed by atoms with van der Waals surface area (Å²) in [6.45, 7) is 6.30. The predicted molar refractivity (Wildman–Crippen MR) is 120 cm³/mol. The third-order valence-electron chi connectivity index (χ3n) is 6.07. The zero-order valence-electron chi connectivity index (χ0n) is 17.2. The average Bonchev–Trinajstić information content (AvgIpc) is 2.83. The highest BCUT2D eigenvalue weighted by molar-refractivity contribution is 5.91. The molecule has 0 saturated carbocycles. The summed E-state index contributed by atoms with van der Waals surface area (Å²) in [5.41, 5.74) is 2.11. The monoisotopic (exact) mass is 404 g/mol. The maximum atomic E-state index is 5.52. The van der Waals surface area contributed by atoms with Crippen molar-refractivity contribution >= 4 is 28.2 Å². The molecule has 7 heteroatoms. The number of pyridine rings is 3. The number of rotatable bonds is 5. The molecule has 7 nitrogen and oxygen atoms in total. The van der Waals surface area contributed by atoms with E-state index in [-0.39, 0.29) is 0 Å². The normalized spacial score (nSPS) is 18.0. The molecular weight excluding hydrogens is 376 g/mol. The molecule has 5 rings (SSSR count). The van der Waals surface area contributed by atoms with E-state index in [1.165, 1.54) is 0 Å². The lowest BCUT2D eigenvalue weighted by molar-refractivity contribution is 0.122. The number of morpholine rings is 1. The number of ether oxygens (including phenoxy) is 1. The van der Waals surface area contributed by atoms with E-state index in [9.17, 15) is 0 Å². The first kappa shape index (κ1) is 19.1. The van der Waals surface area contributed by atoms with Crippen molar-refractivity contribution in [2.45, 2.75) is 12.8 Å². The van der Waals surface area contributed by atoms with Gasteiger partial charge in [0.1, 0.15) is 11.6 Å². The molecule has 0 atom stereocenters. The second kappa shape index (κ2) is 8.83. The van der Waals surface area contributed by atoms with Gasteiger partial charge in [-0.15, -0.1) is 0 Å². The molecule has 5 heterocycles. The van der Waals surface area contributed by atoms with E-state index in [1.54, 1.807) is 6.20 Å². The molecule has 0 spiro atoms. The van der Waals surface area contributed by atoms with Crippen molar-refractivity contribution in [3.8, 4) is 0 Å². The smallest absolute Gasteiger partial charge is 0.140 e. The highest BCUT2D eigenvalue weighted by atomic mass is 16.5. The van der Waals surface area contributed by atoms with Gasteiger partial charge >= 0.3 is 0 Å². The number of nitrogens with one attached hydrogen (secondary N) is 1. The molecule has 0 aromatic carbocycles. The quantitative estimate of drug-likeness (QED) is 0.700. The van der Waals surface area contributed by atoms with Gasteiger partial charge in [-0.2, -0.15) is 0 Å². The molecule has 3 aromatic rings. The van der Waals surface area contributed by atoms with Gasteiger partial charge in [-0.25, -0.2) is 4.98 Å². The maximum absolute atomic E-state index is 5.52. The standard InChI is InChI=1S/C23H28N6O/c1-3-19(17-24-7-1)26-16-18-5-9-29(10-6-18)23-20-4-2-8-25-21(20)15-22(27-23)28-11-13-30-14-12-28/h1-4,7-8,15,17-18,26H,5-6,9-14,16H2. The molecule has 0 aliphatic carbocycles. The van der Waals surface area contributed by atoms with Crippen molar-refractivity contribution in [2.24, 2.45) is 5.92 Å². The van der Waals surface area contributed by atoms with Gasteiger partial charge in [-0.3, -0.25) is 9.97 Å². The van der Waals surface area contributed by atoms with E-state index >= 15 is 0 Å². The van der Waals surface area contributed by atoms with Crippen LogP contribution in [-0.4, -0.2) is 60.9 Å². The van der Waals surface area contributed by atoms with Crippen molar-refractivity contribution < 1.29 is 4.74 Å². The molecule has 30 heavy (non-hydrogen) atoms. The van der Waals surface area contributed by atoms with Gasteiger partial charge in [-0.1, -0.05) is 0 Å². The number of nitrogens with zero attached hydrogens (tertiary/aromatic N) is 5. The lowest BCUT2D eigenvalue weighted by atomic mass is 9.96. The number of hydrogen-bond acceptors (Lipinski definition) is 7. The van der Waals surface area contributed by atoms with Crippen molar-refractivity contribution in [1.29, 1.82) is 0 Å². The van der Waals surface area contributed by atoms with Gasteiger partial charge < -0.3 is 19.9 Å². The Morgan fingerprint density at radius 2 is 1.83 bits per heavy atom. The van der Waals surface area contributed by atoms with Gasteiger partial charge in [0.15, 0.2) is 0 Å². The van der Waals surface area contributed by atoms with Gasteiger partial charge in [0.25, 0.3) is 0 Å². The van der Waals surface area contributed by atoms with Gasteiger partial charge in [0.05, 0.1) is 24.4 Å².